The van der Waals surface area contributed by atoms with E-state index in [9.17, 15) is 14.4 Å². The summed E-state index contributed by atoms with van der Waals surface area (Å²) < 4.78 is 18.2. The number of carbonyl (C=O) groups excluding carboxylic acids is 1. The molecule has 1 fully saturated rings. The number of thioether (sulfide) groups is 1. The van der Waals surface area contributed by atoms with Crippen LogP contribution in [0.25, 0.3) is 0 Å². The molecule has 1 unspecified atom stereocenters. The molecule has 1 saturated heterocycles. The van der Waals surface area contributed by atoms with Gasteiger partial charge in [-0.15, -0.1) is 0 Å². The summed E-state index contributed by atoms with van der Waals surface area (Å²) in [6.07, 6.45) is 2.99. The Morgan fingerprint density at radius 3 is 3.19 bits per heavy atom. The summed E-state index contributed by atoms with van der Waals surface area (Å²) in [6, 6.07) is 4.40. The highest BCUT2D eigenvalue weighted by Gasteiger charge is 2.28. The molecule has 2 aromatic rings. The van der Waals surface area contributed by atoms with Crippen LogP contribution >= 0.6 is 11.8 Å². The number of rotatable bonds is 5. The number of hydrogen-bond donors (Lipinski definition) is 3. The molecule has 1 aliphatic carbocycles. The first-order chi connectivity index (χ1) is 13.1. The van der Waals surface area contributed by atoms with Crippen LogP contribution in [0.15, 0.2) is 32.8 Å². The van der Waals surface area contributed by atoms with Crippen molar-refractivity contribution in [2.75, 3.05) is 5.75 Å². The summed E-state index contributed by atoms with van der Waals surface area (Å²) in [5.74, 6) is 0.469. The van der Waals surface area contributed by atoms with Gasteiger partial charge < -0.3 is 5.32 Å². The molecule has 2 heterocycles. The van der Waals surface area contributed by atoms with Crippen molar-refractivity contribution in [2.24, 2.45) is 4.99 Å². The van der Waals surface area contributed by atoms with Crippen LogP contribution in [-0.4, -0.2) is 39.1 Å². The molecule has 8 nitrogen and oxygen atoms in total. The fourth-order valence-corrected chi connectivity index (χ4v) is 4.23. The van der Waals surface area contributed by atoms with E-state index in [1.807, 2.05) is 5.48 Å². The average molecular weight is 391 g/mol. The zero-order valence-corrected chi connectivity index (χ0v) is 15.1. The molecule has 0 saturated carbocycles. The van der Waals surface area contributed by atoms with Crippen molar-refractivity contribution in [1.29, 1.82) is 0 Å². The molecule has 27 heavy (non-hydrogen) atoms. The smallest absolute Gasteiger partial charge is 0.220 e. The van der Waals surface area contributed by atoms with E-state index in [4.69, 9.17) is 4.63 Å². The largest absolute Gasteiger partial charge is 0.353 e. The average Bonchev–Trinajstić information content (AvgIpc) is 3.11. The van der Waals surface area contributed by atoms with Crippen molar-refractivity contribution in [1.82, 2.24) is 21.1 Å². The summed E-state index contributed by atoms with van der Waals surface area (Å²) in [5, 5.41) is 20.6. The van der Waals surface area contributed by atoms with E-state index in [0.29, 0.717) is 23.6 Å². The zero-order chi connectivity index (χ0) is 18.8. The van der Waals surface area contributed by atoms with Crippen molar-refractivity contribution in [3.05, 3.63) is 40.8 Å². The van der Waals surface area contributed by atoms with Gasteiger partial charge in [0, 0.05) is 18.2 Å². The molecular weight excluding hydrogens is 373 g/mol. The Labute approximate surface area is 158 Å². The number of carbonyl (C=O) groups is 1. The van der Waals surface area contributed by atoms with Crippen LogP contribution in [0.5, 0.6) is 0 Å². The lowest BCUT2D eigenvalue weighted by molar-refractivity contribution is -0.123. The molecule has 1 aliphatic heterocycles. The van der Waals surface area contributed by atoms with Crippen LogP contribution in [0.2, 0.25) is 0 Å². The van der Waals surface area contributed by atoms with Crippen LogP contribution in [0.3, 0.4) is 0 Å². The lowest BCUT2D eigenvalue weighted by Crippen LogP contribution is -2.40. The summed E-state index contributed by atoms with van der Waals surface area (Å²) in [6.45, 7) is 0. The fourth-order valence-electron chi connectivity index (χ4n) is 3.27. The maximum Gasteiger partial charge on any atom is 0.220 e. The third kappa shape index (κ3) is 3.81. The molecule has 3 N–H and O–H groups in total. The SMILES string of the molecule is O=C1CCCC(CSc2nonc2C(=N[C@@H]2Cc3ccc(F)cc32)NO)N1. The highest BCUT2D eigenvalue weighted by atomic mass is 32.2. The molecule has 2 aliphatic rings. The van der Waals surface area contributed by atoms with Gasteiger partial charge in [0.1, 0.15) is 5.82 Å². The summed E-state index contributed by atoms with van der Waals surface area (Å²) in [5.41, 5.74) is 4.15. The predicted molar refractivity (Wildman–Crippen MR) is 95.1 cm³/mol. The highest BCUT2D eigenvalue weighted by molar-refractivity contribution is 7.99. The van der Waals surface area contributed by atoms with Gasteiger partial charge in [-0.1, -0.05) is 17.8 Å². The van der Waals surface area contributed by atoms with Crippen molar-refractivity contribution >= 4 is 23.5 Å². The van der Waals surface area contributed by atoms with Crippen LogP contribution in [0.4, 0.5) is 4.39 Å². The molecule has 0 spiro atoms. The number of aromatic nitrogens is 2. The number of benzene rings is 1. The van der Waals surface area contributed by atoms with Crippen molar-refractivity contribution < 1.29 is 19.0 Å². The molecule has 10 heteroatoms. The van der Waals surface area contributed by atoms with Crippen molar-refractivity contribution in [3.8, 4) is 0 Å². The molecule has 0 bridgehead atoms. The highest BCUT2D eigenvalue weighted by Crippen LogP contribution is 2.37. The molecule has 1 aromatic carbocycles. The maximum absolute atomic E-state index is 13.4. The van der Waals surface area contributed by atoms with Gasteiger partial charge in [0.2, 0.25) is 5.91 Å². The Morgan fingerprint density at radius 1 is 1.48 bits per heavy atom. The molecule has 142 valence electrons. The monoisotopic (exact) mass is 391 g/mol. The van der Waals surface area contributed by atoms with Gasteiger partial charge in [-0.25, -0.2) is 9.02 Å². The number of amides is 1. The van der Waals surface area contributed by atoms with Gasteiger partial charge in [0.25, 0.3) is 0 Å². The topological polar surface area (TPSA) is 113 Å². The van der Waals surface area contributed by atoms with E-state index >= 15 is 0 Å². The Bertz CT molecular complexity index is 887. The predicted octanol–water partition coefficient (Wildman–Crippen LogP) is 1.99. The Hall–Kier alpha value is -2.46. The third-order valence-corrected chi connectivity index (χ3v) is 5.81. The standard InChI is InChI=1S/C17H18FN5O3S/c18-10-5-4-9-6-13(12(9)7-10)20-16(21-25)15-17(23-26-22-15)27-8-11-2-1-3-14(24)19-11/h4-5,7,11,13,25H,1-3,6,8H2,(H,19,24)(H,20,21)/t11?,13-/m1/s1. The molecule has 0 radical (unpaired) electrons. The Balaban J connectivity index is 1.47. The number of fused-ring (bicyclic) bond motifs is 1. The molecular formula is C17H18FN5O3S. The van der Waals surface area contributed by atoms with Gasteiger partial charge in [0.05, 0.1) is 6.04 Å². The van der Waals surface area contributed by atoms with E-state index in [1.165, 1.54) is 23.9 Å². The normalized spacial score (nSPS) is 22.0. The van der Waals surface area contributed by atoms with E-state index in [1.54, 1.807) is 6.07 Å². The second-order valence-corrected chi connectivity index (χ2v) is 7.55. The van der Waals surface area contributed by atoms with Gasteiger partial charge >= 0.3 is 0 Å². The van der Waals surface area contributed by atoms with E-state index in [0.717, 1.165) is 24.0 Å². The lowest BCUT2D eigenvalue weighted by atomic mass is 9.83. The minimum atomic E-state index is -0.318. The van der Waals surface area contributed by atoms with Crippen molar-refractivity contribution in [2.45, 2.75) is 42.8 Å². The number of piperidine rings is 1. The lowest BCUT2D eigenvalue weighted by Gasteiger charge is -2.27. The molecule has 1 aromatic heterocycles. The summed E-state index contributed by atoms with van der Waals surface area (Å²) in [7, 11) is 0. The Morgan fingerprint density at radius 2 is 2.37 bits per heavy atom. The summed E-state index contributed by atoms with van der Waals surface area (Å²) >= 11 is 1.37. The number of amidine groups is 1. The second kappa shape index (κ2) is 7.65. The number of nitrogens with zero attached hydrogens (tertiary/aromatic N) is 3. The number of nitrogens with one attached hydrogen (secondary N) is 2. The number of halogens is 1. The van der Waals surface area contributed by atoms with Gasteiger partial charge in [-0.3, -0.25) is 20.5 Å². The van der Waals surface area contributed by atoms with Gasteiger partial charge in [-0.2, -0.15) is 0 Å². The third-order valence-electron chi connectivity index (χ3n) is 4.70. The van der Waals surface area contributed by atoms with Crippen LogP contribution < -0.4 is 10.8 Å². The van der Waals surface area contributed by atoms with Crippen LogP contribution in [-0.2, 0) is 11.2 Å². The zero-order valence-electron chi connectivity index (χ0n) is 14.3. The summed E-state index contributed by atoms with van der Waals surface area (Å²) in [4.78, 5) is 15.9. The van der Waals surface area contributed by atoms with E-state index in [2.05, 4.69) is 20.6 Å². The molecule has 4 rings (SSSR count). The second-order valence-electron chi connectivity index (χ2n) is 6.54. The minimum absolute atomic E-state index is 0.0560. The quantitative estimate of drug-likeness (QED) is 0.309. The minimum Gasteiger partial charge on any atom is -0.353 e. The van der Waals surface area contributed by atoms with Gasteiger partial charge in [-0.05, 0) is 52.8 Å². The van der Waals surface area contributed by atoms with E-state index in [-0.39, 0.29) is 35.3 Å². The molecule has 2 atom stereocenters. The van der Waals surface area contributed by atoms with Crippen LogP contribution in [0, 0.1) is 5.82 Å². The first kappa shape index (κ1) is 17.9. The number of hydrogen-bond acceptors (Lipinski definition) is 7. The molecule has 1 amide bonds. The van der Waals surface area contributed by atoms with Crippen LogP contribution in [0.1, 0.15) is 42.1 Å². The van der Waals surface area contributed by atoms with Gasteiger partial charge in [0.15, 0.2) is 16.6 Å². The first-order valence-electron chi connectivity index (χ1n) is 8.65. The van der Waals surface area contributed by atoms with Crippen molar-refractivity contribution in [3.63, 3.8) is 0 Å². The maximum atomic E-state index is 13.4. The van der Waals surface area contributed by atoms with E-state index < -0.39 is 0 Å². The Kier molecular flexibility index (Phi) is 5.08. The number of aliphatic imine (C=N–C) groups is 1. The fraction of sp³-hybridized carbons (Fsp3) is 0.412. The first-order valence-corrected chi connectivity index (χ1v) is 9.64. The number of hydroxylamine groups is 1.